The zero-order chi connectivity index (χ0) is 15.5. The Labute approximate surface area is 132 Å². The predicted molar refractivity (Wildman–Crippen MR) is 89.6 cm³/mol. The van der Waals surface area contributed by atoms with E-state index >= 15 is 0 Å². The highest BCUT2D eigenvalue weighted by Crippen LogP contribution is 2.25. The van der Waals surface area contributed by atoms with Gasteiger partial charge in [0.1, 0.15) is 0 Å². The number of aliphatic hydroxyl groups excluding tert-OH is 1. The Morgan fingerprint density at radius 1 is 1.36 bits per heavy atom. The van der Waals surface area contributed by atoms with Crippen molar-refractivity contribution in [2.24, 2.45) is 5.10 Å². The average molecular weight is 315 g/mol. The third-order valence-corrected chi connectivity index (χ3v) is 4.34. The first-order chi connectivity index (χ1) is 10.7. The number of aryl methyl sites for hydroxylation is 1. The van der Waals surface area contributed by atoms with Crippen molar-refractivity contribution in [1.82, 2.24) is 14.8 Å². The summed E-state index contributed by atoms with van der Waals surface area (Å²) >= 11 is 1.56. The van der Waals surface area contributed by atoms with Gasteiger partial charge in [-0.2, -0.15) is 10.2 Å². The molecule has 22 heavy (non-hydrogen) atoms. The molecule has 0 spiro atoms. The van der Waals surface area contributed by atoms with Crippen molar-refractivity contribution in [3.8, 4) is 0 Å². The second kappa shape index (κ2) is 6.25. The first-order valence-corrected chi connectivity index (χ1v) is 7.80. The topological polar surface area (TPSA) is 75.3 Å². The fraction of sp³-hybridized carbons (Fsp3) is 0.267. The van der Waals surface area contributed by atoms with Gasteiger partial charge in [0.15, 0.2) is 0 Å². The van der Waals surface area contributed by atoms with Crippen molar-refractivity contribution in [3.05, 3.63) is 41.2 Å². The number of nitrogens with one attached hydrogen (secondary N) is 1. The van der Waals surface area contributed by atoms with Crippen LogP contribution in [0.3, 0.4) is 0 Å². The van der Waals surface area contributed by atoms with E-state index in [-0.39, 0.29) is 6.61 Å². The summed E-state index contributed by atoms with van der Waals surface area (Å²) in [6.45, 7) is 4.46. The molecule has 2 heterocycles. The first kappa shape index (κ1) is 14.7. The monoisotopic (exact) mass is 315 g/mol. The zero-order valence-electron chi connectivity index (χ0n) is 12.4. The highest BCUT2D eigenvalue weighted by atomic mass is 32.1. The van der Waals surface area contributed by atoms with Crippen molar-refractivity contribution in [2.75, 3.05) is 12.0 Å². The number of para-hydroxylation sites is 1. The van der Waals surface area contributed by atoms with Crippen molar-refractivity contribution < 1.29 is 5.11 Å². The Morgan fingerprint density at radius 3 is 2.95 bits per heavy atom. The Balaban J connectivity index is 1.77. The lowest BCUT2D eigenvalue weighted by Crippen LogP contribution is -2.06. The third-order valence-electron chi connectivity index (χ3n) is 3.40. The minimum atomic E-state index is 0.0719. The standard InChI is InChI=1S/C15H17N5OS/c1-10-12(11(2)20(19-10)7-8-21)9-16-18-15-17-13-5-3-4-6-14(13)22-15/h3-6,9,21H,7-8H2,1-2H3,(H,17,18)/b16-9+. The van der Waals surface area contributed by atoms with Gasteiger partial charge in [0.2, 0.25) is 5.13 Å². The van der Waals surface area contributed by atoms with Crippen molar-refractivity contribution in [1.29, 1.82) is 0 Å². The number of anilines is 1. The second-order valence-electron chi connectivity index (χ2n) is 4.89. The molecule has 3 rings (SSSR count). The lowest BCUT2D eigenvalue weighted by atomic mass is 10.2. The predicted octanol–water partition coefficient (Wildman–Crippen LogP) is 2.55. The second-order valence-corrected chi connectivity index (χ2v) is 5.92. The van der Waals surface area contributed by atoms with E-state index in [2.05, 4.69) is 20.6 Å². The molecule has 0 aliphatic rings. The van der Waals surface area contributed by atoms with Gasteiger partial charge in [-0.05, 0) is 26.0 Å². The largest absolute Gasteiger partial charge is 0.394 e. The fourth-order valence-electron chi connectivity index (χ4n) is 2.28. The molecule has 2 aromatic heterocycles. The molecule has 3 aromatic rings. The van der Waals surface area contributed by atoms with E-state index in [1.165, 1.54) is 0 Å². The minimum Gasteiger partial charge on any atom is -0.394 e. The summed E-state index contributed by atoms with van der Waals surface area (Å²) in [5.41, 5.74) is 6.77. The van der Waals surface area contributed by atoms with Gasteiger partial charge < -0.3 is 5.11 Å². The lowest BCUT2D eigenvalue weighted by molar-refractivity contribution is 0.268. The lowest BCUT2D eigenvalue weighted by Gasteiger charge is -2.00. The van der Waals surface area contributed by atoms with Crippen LogP contribution in [0.1, 0.15) is 17.0 Å². The molecule has 0 fully saturated rings. The van der Waals surface area contributed by atoms with Crippen LogP contribution < -0.4 is 5.43 Å². The molecule has 0 bridgehead atoms. The number of hydrogen-bond donors (Lipinski definition) is 2. The minimum absolute atomic E-state index is 0.0719. The van der Waals surface area contributed by atoms with Gasteiger partial charge >= 0.3 is 0 Å². The Morgan fingerprint density at radius 2 is 2.18 bits per heavy atom. The highest BCUT2D eigenvalue weighted by Gasteiger charge is 2.09. The summed E-state index contributed by atoms with van der Waals surface area (Å²) < 4.78 is 2.91. The van der Waals surface area contributed by atoms with Crippen LogP contribution in [0.5, 0.6) is 0 Å². The molecule has 0 aliphatic heterocycles. The molecule has 0 saturated carbocycles. The Hall–Kier alpha value is -2.25. The molecule has 0 unspecified atom stereocenters. The molecular weight excluding hydrogens is 298 g/mol. The van der Waals surface area contributed by atoms with E-state index in [0.29, 0.717) is 6.54 Å². The zero-order valence-corrected chi connectivity index (χ0v) is 13.3. The third kappa shape index (κ3) is 2.86. The van der Waals surface area contributed by atoms with E-state index in [0.717, 1.165) is 32.3 Å². The normalized spacial score (nSPS) is 11.6. The SMILES string of the molecule is Cc1nn(CCO)c(C)c1/C=N/Nc1nc2ccccc2s1. The van der Waals surface area contributed by atoms with Gasteiger partial charge in [0.25, 0.3) is 0 Å². The number of hydrazone groups is 1. The average Bonchev–Trinajstić information content (AvgIpc) is 3.03. The molecule has 7 heteroatoms. The van der Waals surface area contributed by atoms with E-state index in [1.807, 2.05) is 38.1 Å². The number of hydrogen-bond acceptors (Lipinski definition) is 6. The number of fused-ring (bicyclic) bond motifs is 1. The van der Waals surface area contributed by atoms with Gasteiger partial charge in [0, 0.05) is 11.3 Å². The number of rotatable bonds is 5. The van der Waals surface area contributed by atoms with Crippen LogP contribution in [0.4, 0.5) is 5.13 Å². The van der Waals surface area contributed by atoms with Gasteiger partial charge in [-0.15, -0.1) is 0 Å². The number of thiazole rings is 1. The van der Waals surface area contributed by atoms with E-state index in [4.69, 9.17) is 5.11 Å². The van der Waals surface area contributed by atoms with Crippen LogP contribution in [-0.2, 0) is 6.54 Å². The molecule has 114 valence electrons. The highest BCUT2D eigenvalue weighted by molar-refractivity contribution is 7.22. The number of benzene rings is 1. The summed E-state index contributed by atoms with van der Waals surface area (Å²) in [5, 5.41) is 18.4. The first-order valence-electron chi connectivity index (χ1n) is 6.98. The summed E-state index contributed by atoms with van der Waals surface area (Å²) in [5.74, 6) is 0. The summed E-state index contributed by atoms with van der Waals surface area (Å²) in [7, 11) is 0. The maximum absolute atomic E-state index is 9.02. The molecule has 0 saturated heterocycles. The summed E-state index contributed by atoms with van der Waals surface area (Å²) in [6, 6.07) is 7.98. The molecule has 0 amide bonds. The quantitative estimate of drug-likeness (QED) is 0.560. The van der Waals surface area contributed by atoms with Crippen LogP contribution in [0.25, 0.3) is 10.2 Å². The molecule has 1 aromatic carbocycles. The molecule has 2 N–H and O–H groups in total. The van der Waals surface area contributed by atoms with E-state index < -0.39 is 0 Å². The van der Waals surface area contributed by atoms with E-state index in [9.17, 15) is 0 Å². The van der Waals surface area contributed by atoms with Gasteiger partial charge in [0.05, 0.1) is 35.3 Å². The van der Waals surface area contributed by atoms with Crippen molar-refractivity contribution in [2.45, 2.75) is 20.4 Å². The molecule has 0 atom stereocenters. The number of aliphatic hydroxyl groups is 1. The fourth-order valence-corrected chi connectivity index (χ4v) is 3.10. The Kier molecular flexibility index (Phi) is 4.17. The molecular formula is C15H17N5OS. The van der Waals surface area contributed by atoms with Crippen LogP contribution in [-0.4, -0.2) is 32.7 Å². The van der Waals surface area contributed by atoms with Gasteiger partial charge in [-0.25, -0.2) is 4.98 Å². The van der Waals surface area contributed by atoms with Gasteiger partial charge in [-0.3, -0.25) is 10.1 Å². The maximum atomic E-state index is 9.02. The van der Waals surface area contributed by atoms with E-state index in [1.54, 1.807) is 22.2 Å². The summed E-state index contributed by atoms with van der Waals surface area (Å²) in [6.07, 6.45) is 1.75. The Bertz CT molecular complexity index is 788. The summed E-state index contributed by atoms with van der Waals surface area (Å²) in [4.78, 5) is 4.46. The van der Waals surface area contributed by atoms with Crippen LogP contribution in [0, 0.1) is 13.8 Å². The number of nitrogens with zero attached hydrogens (tertiary/aromatic N) is 4. The van der Waals surface area contributed by atoms with Crippen LogP contribution in [0.15, 0.2) is 29.4 Å². The van der Waals surface area contributed by atoms with Crippen molar-refractivity contribution >= 4 is 32.9 Å². The van der Waals surface area contributed by atoms with Crippen LogP contribution >= 0.6 is 11.3 Å². The smallest absolute Gasteiger partial charge is 0.204 e. The molecule has 6 nitrogen and oxygen atoms in total. The van der Waals surface area contributed by atoms with Crippen molar-refractivity contribution in [3.63, 3.8) is 0 Å². The van der Waals surface area contributed by atoms with Crippen LogP contribution in [0.2, 0.25) is 0 Å². The van der Waals surface area contributed by atoms with Gasteiger partial charge in [-0.1, -0.05) is 23.5 Å². The number of aromatic nitrogens is 3. The maximum Gasteiger partial charge on any atom is 0.204 e. The molecule has 0 radical (unpaired) electrons. The molecule has 0 aliphatic carbocycles.